The summed E-state index contributed by atoms with van der Waals surface area (Å²) in [6.45, 7) is 3.45. The van der Waals surface area contributed by atoms with E-state index < -0.39 is 22.9 Å². The molecule has 174 valence electrons. The lowest BCUT2D eigenvalue weighted by Gasteiger charge is -2.16. The van der Waals surface area contributed by atoms with Gasteiger partial charge in [-0.25, -0.2) is 14.5 Å². The van der Waals surface area contributed by atoms with Crippen molar-refractivity contribution < 1.29 is 18.0 Å². The zero-order valence-electron chi connectivity index (χ0n) is 18.1. The first-order chi connectivity index (χ1) is 16.1. The highest BCUT2D eigenvalue weighted by Crippen LogP contribution is 2.31. The van der Waals surface area contributed by atoms with E-state index in [1.807, 2.05) is 13.0 Å². The van der Waals surface area contributed by atoms with Gasteiger partial charge in [-0.1, -0.05) is 36.0 Å². The molecule has 0 bridgehead atoms. The zero-order valence-corrected chi connectivity index (χ0v) is 18.9. The summed E-state index contributed by atoms with van der Waals surface area (Å²) in [5, 5.41) is 2.36. The van der Waals surface area contributed by atoms with Crippen LogP contribution in [0.2, 0.25) is 0 Å². The number of thioether (sulfide) groups is 1. The Hall–Kier alpha value is -3.66. The van der Waals surface area contributed by atoms with E-state index in [0.717, 1.165) is 29.5 Å². The summed E-state index contributed by atoms with van der Waals surface area (Å²) >= 11 is 1.01. The van der Waals surface area contributed by atoms with Gasteiger partial charge in [0.1, 0.15) is 5.82 Å². The second-order valence-corrected chi connectivity index (χ2v) is 8.88. The molecule has 34 heavy (non-hydrogen) atoms. The maximum atomic E-state index is 13.3. The van der Waals surface area contributed by atoms with E-state index in [1.54, 1.807) is 43.5 Å². The third kappa shape index (κ3) is 4.96. The first-order valence-electron chi connectivity index (χ1n) is 10.2. The number of hydrogen-bond acceptors (Lipinski definition) is 5. The molecule has 0 saturated carbocycles. The van der Waals surface area contributed by atoms with Crippen LogP contribution in [0.5, 0.6) is 0 Å². The third-order valence-electron chi connectivity index (χ3n) is 4.98. The second kappa shape index (κ2) is 9.30. The van der Waals surface area contributed by atoms with Crippen molar-refractivity contribution in [3.05, 3.63) is 88.3 Å². The maximum Gasteiger partial charge on any atom is 0.416 e. The van der Waals surface area contributed by atoms with Crippen molar-refractivity contribution >= 4 is 34.3 Å². The van der Waals surface area contributed by atoms with Crippen molar-refractivity contribution in [1.29, 1.82) is 0 Å². The summed E-state index contributed by atoms with van der Waals surface area (Å²) in [6.07, 6.45) is -2.90. The molecular weight excluding hydrogens is 465 g/mol. The fraction of sp³-hybridized carbons (Fsp3) is 0.167. The standard InChI is InChI=1S/C24H19F3N4O2S/c1-14-10-11-20(28-13-14)31-22(33)18-8-3-4-9-19(18)30-23(31)34-15(2)21(32)29-17-7-5-6-16(12-17)24(25,26)27/h3-13,15H,1-2H3,(H,29,32). The number of rotatable bonds is 5. The molecule has 0 aliphatic rings. The molecule has 2 aromatic carbocycles. The number of para-hydroxylation sites is 1. The number of carbonyl (C=O) groups excluding carboxylic acids is 1. The molecule has 2 aromatic heterocycles. The molecule has 0 aliphatic carbocycles. The number of amides is 1. The van der Waals surface area contributed by atoms with E-state index >= 15 is 0 Å². The van der Waals surface area contributed by atoms with Crippen molar-refractivity contribution in [1.82, 2.24) is 14.5 Å². The molecule has 0 fully saturated rings. The van der Waals surface area contributed by atoms with Gasteiger partial charge in [-0.15, -0.1) is 0 Å². The molecule has 10 heteroatoms. The normalized spacial score (nSPS) is 12.5. The third-order valence-corrected chi connectivity index (χ3v) is 6.03. The van der Waals surface area contributed by atoms with Gasteiger partial charge in [0.25, 0.3) is 5.56 Å². The summed E-state index contributed by atoms with van der Waals surface area (Å²) in [6, 6.07) is 14.7. The number of nitrogens with one attached hydrogen (secondary N) is 1. The molecule has 1 atom stereocenters. The Kier molecular flexibility index (Phi) is 6.43. The number of pyridine rings is 1. The largest absolute Gasteiger partial charge is 0.416 e. The number of anilines is 1. The molecule has 0 radical (unpaired) electrons. The number of aromatic nitrogens is 3. The Bertz CT molecular complexity index is 1420. The Labute approximate surface area is 196 Å². The van der Waals surface area contributed by atoms with Gasteiger partial charge in [0.2, 0.25) is 5.91 Å². The number of hydrogen-bond donors (Lipinski definition) is 1. The first-order valence-corrected chi connectivity index (χ1v) is 11.1. The van der Waals surface area contributed by atoms with Crippen LogP contribution < -0.4 is 10.9 Å². The van der Waals surface area contributed by atoms with Gasteiger partial charge in [-0.2, -0.15) is 13.2 Å². The van der Waals surface area contributed by atoms with Crippen molar-refractivity contribution in [3.63, 3.8) is 0 Å². The molecule has 1 N–H and O–H groups in total. The first kappa shape index (κ1) is 23.5. The van der Waals surface area contributed by atoms with Crippen LogP contribution in [0.1, 0.15) is 18.1 Å². The lowest BCUT2D eigenvalue weighted by atomic mass is 10.2. The second-order valence-electron chi connectivity index (χ2n) is 7.57. The van der Waals surface area contributed by atoms with Crippen molar-refractivity contribution in [2.75, 3.05) is 5.32 Å². The summed E-state index contributed by atoms with van der Waals surface area (Å²) in [4.78, 5) is 34.9. The summed E-state index contributed by atoms with van der Waals surface area (Å²) in [5.74, 6) is -0.183. The minimum Gasteiger partial charge on any atom is -0.325 e. The molecule has 0 spiro atoms. The zero-order chi connectivity index (χ0) is 24.5. The quantitative estimate of drug-likeness (QED) is 0.310. The van der Waals surface area contributed by atoms with Crippen LogP contribution in [0.3, 0.4) is 0 Å². The smallest absolute Gasteiger partial charge is 0.325 e. The van der Waals surface area contributed by atoms with E-state index in [9.17, 15) is 22.8 Å². The Morgan fingerprint density at radius 1 is 1.09 bits per heavy atom. The number of nitrogens with zero attached hydrogens (tertiary/aromatic N) is 3. The summed E-state index contributed by atoms with van der Waals surface area (Å²) in [7, 11) is 0. The SMILES string of the molecule is Cc1ccc(-n2c(SC(C)C(=O)Nc3cccc(C(F)(F)F)c3)nc3ccccc3c2=O)nc1. The van der Waals surface area contributed by atoms with Crippen LogP contribution in [0.4, 0.5) is 18.9 Å². The lowest BCUT2D eigenvalue weighted by Crippen LogP contribution is -2.26. The van der Waals surface area contributed by atoms with Crippen molar-refractivity contribution in [3.8, 4) is 5.82 Å². The monoisotopic (exact) mass is 484 g/mol. The van der Waals surface area contributed by atoms with Crippen LogP contribution in [0, 0.1) is 6.92 Å². The number of fused-ring (bicyclic) bond motifs is 1. The Morgan fingerprint density at radius 2 is 1.85 bits per heavy atom. The predicted octanol–water partition coefficient (Wildman–Crippen LogP) is 5.23. The molecule has 0 aliphatic heterocycles. The molecule has 2 heterocycles. The van der Waals surface area contributed by atoms with Crippen LogP contribution >= 0.6 is 11.8 Å². The van der Waals surface area contributed by atoms with Gasteiger partial charge >= 0.3 is 6.18 Å². The molecular formula is C24H19F3N4O2S. The average Bonchev–Trinajstić information content (AvgIpc) is 2.80. The Balaban J connectivity index is 1.67. The fourth-order valence-electron chi connectivity index (χ4n) is 3.21. The predicted molar refractivity (Wildman–Crippen MR) is 125 cm³/mol. The van der Waals surface area contributed by atoms with Gasteiger partial charge < -0.3 is 5.32 Å². The highest BCUT2D eigenvalue weighted by molar-refractivity contribution is 8.00. The van der Waals surface area contributed by atoms with Gasteiger partial charge in [0, 0.05) is 11.9 Å². The number of aryl methyl sites for hydroxylation is 1. The van der Waals surface area contributed by atoms with Crippen LogP contribution in [0.15, 0.2) is 76.8 Å². The number of carbonyl (C=O) groups is 1. The van der Waals surface area contributed by atoms with E-state index in [2.05, 4.69) is 15.3 Å². The molecule has 6 nitrogen and oxygen atoms in total. The van der Waals surface area contributed by atoms with E-state index in [-0.39, 0.29) is 16.4 Å². The van der Waals surface area contributed by atoms with Crippen molar-refractivity contribution in [2.45, 2.75) is 30.4 Å². The van der Waals surface area contributed by atoms with E-state index in [4.69, 9.17) is 0 Å². The van der Waals surface area contributed by atoms with Crippen molar-refractivity contribution in [2.24, 2.45) is 0 Å². The molecule has 4 rings (SSSR count). The fourth-order valence-corrected chi connectivity index (χ4v) is 4.13. The number of halogens is 3. The minimum absolute atomic E-state index is 0.0244. The number of benzene rings is 2. The van der Waals surface area contributed by atoms with Crippen LogP contribution in [-0.4, -0.2) is 25.7 Å². The lowest BCUT2D eigenvalue weighted by molar-refractivity contribution is -0.137. The topological polar surface area (TPSA) is 76.9 Å². The highest BCUT2D eigenvalue weighted by Gasteiger charge is 2.30. The van der Waals surface area contributed by atoms with Gasteiger partial charge in [0.15, 0.2) is 5.16 Å². The summed E-state index contributed by atoms with van der Waals surface area (Å²) in [5.41, 5.74) is 0.199. The molecule has 1 unspecified atom stereocenters. The average molecular weight is 485 g/mol. The van der Waals surface area contributed by atoms with E-state index in [1.165, 1.54) is 16.7 Å². The van der Waals surface area contributed by atoms with Crippen LogP contribution in [0.25, 0.3) is 16.7 Å². The van der Waals surface area contributed by atoms with E-state index in [0.29, 0.717) is 16.7 Å². The highest BCUT2D eigenvalue weighted by atomic mass is 32.2. The van der Waals surface area contributed by atoms with Gasteiger partial charge in [-0.3, -0.25) is 9.59 Å². The Morgan fingerprint density at radius 3 is 2.56 bits per heavy atom. The van der Waals surface area contributed by atoms with Gasteiger partial charge in [0.05, 0.1) is 21.7 Å². The molecule has 4 aromatic rings. The van der Waals surface area contributed by atoms with Gasteiger partial charge in [-0.05, 0) is 55.8 Å². The summed E-state index contributed by atoms with van der Waals surface area (Å²) < 4.78 is 40.3. The molecule has 0 saturated heterocycles. The minimum atomic E-state index is -4.52. The number of alkyl halides is 3. The maximum absolute atomic E-state index is 13.3. The van der Waals surface area contributed by atoms with Crippen LogP contribution in [-0.2, 0) is 11.0 Å². The molecule has 1 amide bonds.